The molecule has 3 aromatic rings. The fraction of sp³-hybridized carbons (Fsp3) is 0.345. The van der Waals surface area contributed by atoms with Gasteiger partial charge in [0, 0.05) is 44.1 Å². The summed E-state index contributed by atoms with van der Waals surface area (Å²) in [5.41, 5.74) is 3.46. The summed E-state index contributed by atoms with van der Waals surface area (Å²) in [6, 6.07) is 15.5. The molecule has 1 aliphatic heterocycles. The summed E-state index contributed by atoms with van der Waals surface area (Å²) in [5, 5.41) is 9.88. The minimum atomic E-state index is -0.315. The standard InChI is InChI=1S/C29H34N4O3/c1-21-17-33(22(2)20-34)29(35)26-15-25(10-9-23-7-5-4-6-8-23)16-31-28(26)36-27(21)19-32(3)18-24-11-13-30-14-12-24/h4-16,21-22,27,34H,17-20H2,1-3H3/b10-9+/t21-,22+,27+/m0/s1. The molecule has 3 atom stereocenters. The predicted molar refractivity (Wildman–Crippen MR) is 141 cm³/mol. The maximum absolute atomic E-state index is 13.6. The van der Waals surface area contributed by atoms with Gasteiger partial charge in [0.1, 0.15) is 11.7 Å². The Balaban J connectivity index is 1.61. The molecule has 4 rings (SSSR count). The molecule has 188 valence electrons. The normalized spacial score (nSPS) is 19.0. The maximum atomic E-state index is 13.6. The van der Waals surface area contributed by atoms with Gasteiger partial charge >= 0.3 is 0 Å². The van der Waals surface area contributed by atoms with E-state index in [4.69, 9.17) is 4.74 Å². The van der Waals surface area contributed by atoms with Crippen LogP contribution in [0.3, 0.4) is 0 Å². The second-order valence-corrected chi connectivity index (χ2v) is 9.54. The van der Waals surface area contributed by atoms with Crippen molar-refractivity contribution in [3.8, 4) is 5.88 Å². The molecule has 1 N–H and O–H groups in total. The van der Waals surface area contributed by atoms with E-state index in [0.29, 0.717) is 24.5 Å². The van der Waals surface area contributed by atoms with Crippen LogP contribution in [-0.2, 0) is 6.54 Å². The van der Waals surface area contributed by atoms with Crippen LogP contribution in [0.25, 0.3) is 12.2 Å². The Morgan fingerprint density at radius 2 is 1.89 bits per heavy atom. The van der Waals surface area contributed by atoms with Gasteiger partial charge in [-0.25, -0.2) is 4.98 Å². The number of ether oxygens (including phenoxy) is 1. The van der Waals surface area contributed by atoms with Crippen LogP contribution < -0.4 is 4.74 Å². The van der Waals surface area contributed by atoms with Gasteiger partial charge < -0.3 is 14.7 Å². The van der Waals surface area contributed by atoms with E-state index >= 15 is 0 Å². The number of likely N-dealkylation sites (N-methyl/N-ethyl adjacent to an activating group) is 1. The van der Waals surface area contributed by atoms with Crippen LogP contribution in [0.15, 0.2) is 67.1 Å². The van der Waals surface area contributed by atoms with E-state index in [1.807, 2.05) is 67.6 Å². The molecule has 0 unspecified atom stereocenters. The van der Waals surface area contributed by atoms with Gasteiger partial charge in [-0.1, -0.05) is 49.4 Å². The van der Waals surface area contributed by atoms with Gasteiger partial charge in [0.25, 0.3) is 5.91 Å². The fourth-order valence-corrected chi connectivity index (χ4v) is 4.36. The van der Waals surface area contributed by atoms with E-state index in [1.165, 1.54) is 5.56 Å². The lowest BCUT2D eigenvalue weighted by molar-refractivity contribution is 0.0325. The molecule has 2 aromatic heterocycles. The Morgan fingerprint density at radius 1 is 1.17 bits per heavy atom. The zero-order valence-corrected chi connectivity index (χ0v) is 21.1. The first kappa shape index (κ1) is 25.5. The molecule has 0 fully saturated rings. The van der Waals surface area contributed by atoms with Crippen molar-refractivity contribution >= 4 is 18.1 Å². The molecule has 0 saturated heterocycles. The Kier molecular flexibility index (Phi) is 8.46. The number of hydrogen-bond acceptors (Lipinski definition) is 6. The first-order chi connectivity index (χ1) is 17.4. The summed E-state index contributed by atoms with van der Waals surface area (Å²) in [6.07, 6.45) is 9.07. The average molecular weight is 487 g/mol. The van der Waals surface area contributed by atoms with Crippen molar-refractivity contribution in [2.45, 2.75) is 32.5 Å². The molecule has 1 aliphatic rings. The number of nitrogens with zero attached hydrogens (tertiary/aromatic N) is 4. The van der Waals surface area contributed by atoms with Crippen LogP contribution in [0.4, 0.5) is 0 Å². The van der Waals surface area contributed by atoms with Gasteiger partial charge in [-0.2, -0.15) is 0 Å². The van der Waals surface area contributed by atoms with Gasteiger partial charge in [0.2, 0.25) is 5.88 Å². The largest absolute Gasteiger partial charge is 0.472 e. The van der Waals surface area contributed by atoms with E-state index in [1.54, 1.807) is 23.5 Å². The number of aliphatic hydroxyl groups is 1. The lowest BCUT2D eigenvalue weighted by Gasteiger charge is -2.37. The summed E-state index contributed by atoms with van der Waals surface area (Å²) in [4.78, 5) is 26.2. The number of rotatable bonds is 8. The highest BCUT2D eigenvalue weighted by molar-refractivity contribution is 5.97. The molecule has 1 aromatic carbocycles. The summed E-state index contributed by atoms with van der Waals surface area (Å²) in [5.74, 6) is 0.195. The lowest BCUT2D eigenvalue weighted by Crippen LogP contribution is -2.49. The van der Waals surface area contributed by atoms with Crippen LogP contribution in [-0.4, -0.2) is 69.7 Å². The monoisotopic (exact) mass is 486 g/mol. The van der Waals surface area contributed by atoms with E-state index in [-0.39, 0.29) is 30.6 Å². The molecule has 1 amide bonds. The van der Waals surface area contributed by atoms with Crippen LogP contribution in [0, 0.1) is 5.92 Å². The van der Waals surface area contributed by atoms with Crippen molar-refractivity contribution in [3.05, 3.63) is 89.4 Å². The SMILES string of the molecule is C[C@H](CO)N1C[C@H](C)[C@@H](CN(C)Cc2ccncc2)Oc2ncc(/C=C/c3ccccc3)cc2C1=O. The summed E-state index contributed by atoms with van der Waals surface area (Å²) in [6.45, 7) is 5.74. The van der Waals surface area contributed by atoms with Crippen LogP contribution in [0.1, 0.15) is 40.9 Å². The highest BCUT2D eigenvalue weighted by Gasteiger charge is 2.34. The third kappa shape index (κ3) is 6.36. The number of pyridine rings is 2. The number of amides is 1. The Morgan fingerprint density at radius 3 is 2.61 bits per heavy atom. The molecule has 0 spiro atoms. The third-order valence-corrected chi connectivity index (χ3v) is 6.50. The topological polar surface area (TPSA) is 78.8 Å². The number of aliphatic hydroxyl groups excluding tert-OH is 1. The van der Waals surface area contributed by atoms with Crippen LogP contribution in [0.5, 0.6) is 5.88 Å². The molecule has 3 heterocycles. The number of hydrogen-bond donors (Lipinski definition) is 1. The fourth-order valence-electron chi connectivity index (χ4n) is 4.36. The molecule has 7 nitrogen and oxygen atoms in total. The van der Waals surface area contributed by atoms with Gasteiger partial charge in [0.15, 0.2) is 0 Å². The number of aromatic nitrogens is 2. The van der Waals surface area contributed by atoms with Crippen LogP contribution in [0.2, 0.25) is 0 Å². The van der Waals surface area contributed by atoms with Crippen molar-refractivity contribution in [1.82, 2.24) is 19.8 Å². The first-order valence-electron chi connectivity index (χ1n) is 12.3. The number of carbonyl (C=O) groups is 1. The van der Waals surface area contributed by atoms with Crippen molar-refractivity contribution in [2.75, 3.05) is 26.7 Å². The third-order valence-electron chi connectivity index (χ3n) is 6.50. The van der Waals surface area contributed by atoms with Crippen LogP contribution >= 0.6 is 0 Å². The summed E-state index contributed by atoms with van der Waals surface area (Å²) < 4.78 is 6.41. The highest BCUT2D eigenvalue weighted by Crippen LogP contribution is 2.28. The first-order valence-corrected chi connectivity index (χ1v) is 12.3. The van der Waals surface area contributed by atoms with E-state index < -0.39 is 0 Å². The molecule has 0 bridgehead atoms. The van der Waals surface area contributed by atoms with Gasteiger partial charge in [-0.3, -0.25) is 14.7 Å². The highest BCUT2D eigenvalue weighted by atomic mass is 16.5. The quantitative estimate of drug-likeness (QED) is 0.519. The molecular formula is C29H34N4O3. The van der Waals surface area contributed by atoms with Gasteiger partial charge in [-0.15, -0.1) is 0 Å². The number of carbonyl (C=O) groups excluding carboxylic acids is 1. The van der Waals surface area contributed by atoms with E-state index in [9.17, 15) is 9.90 Å². The van der Waals surface area contributed by atoms with E-state index in [2.05, 4.69) is 28.8 Å². The van der Waals surface area contributed by atoms with E-state index in [0.717, 1.165) is 17.7 Å². The molecular weight excluding hydrogens is 452 g/mol. The predicted octanol–water partition coefficient (Wildman–Crippen LogP) is 4.00. The minimum absolute atomic E-state index is 0.0374. The van der Waals surface area contributed by atoms with Crippen molar-refractivity contribution in [1.29, 1.82) is 0 Å². The zero-order valence-electron chi connectivity index (χ0n) is 21.1. The molecule has 0 radical (unpaired) electrons. The second kappa shape index (κ2) is 11.9. The Bertz CT molecular complexity index is 1170. The smallest absolute Gasteiger partial charge is 0.259 e. The van der Waals surface area contributed by atoms with Crippen molar-refractivity contribution < 1.29 is 14.6 Å². The molecule has 0 aliphatic carbocycles. The average Bonchev–Trinajstić information content (AvgIpc) is 2.90. The maximum Gasteiger partial charge on any atom is 0.259 e. The minimum Gasteiger partial charge on any atom is -0.472 e. The Hall–Kier alpha value is -3.55. The van der Waals surface area contributed by atoms with Crippen molar-refractivity contribution in [3.63, 3.8) is 0 Å². The number of fused-ring (bicyclic) bond motifs is 1. The van der Waals surface area contributed by atoms with Crippen molar-refractivity contribution in [2.24, 2.45) is 5.92 Å². The summed E-state index contributed by atoms with van der Waals surface area (Å²) >= 11 is 0. The molecule has 36 heavy (non-hydrogen) atoms. The number of benzene rings is 1. The molecule has 0 saturated carbocycles. The summed E-state index contributed by atoms with van der Waals surface area (Å²) in [7, 11) is 2.06. The second-order valence-electron chi connectivity index (χ2n) is 9.54. The zero-order chi connectivity index (χ0) is 25.5. The van der Waals surface area contributed by atoms with Gasteiger partial charge in [-0.05, 0) is 48.9 Å². The molecule has 7 heteroatoms. The lowest BCUT2D eigenvalue weighted by atomic mass is 9.99. The Labute approximate surface area is 213 Å². The van der Waals surface area contributed by atoms with Gasteiger partial charge in [0.05, 0.1) is 12.6 Å².